The molecular weight excluding hydrogens is 1410 g/mol. The Morgan fingerprint density at radius 2 is 0.775 bits per heavy atom. The van der Waals surface area contributed by atoms with E-state index in [-0.39, 0.29) is 34.4 Å². The third kappa shape index (κ3) is 32.2. The lowest BCUT2D eigenvalue weighted by Crippen LogP contribution is -2.16. The molecule has 0 aromatic carbocycles. The molecule has 39 heteroatoms. The van der Waals surface area contributed by atoms with Gasteiger partial charge in [-0.1, -0.05) is 18.2 Å². The maximum atomic E-state index is 12.2. The molecule has 0 aliphatic rings. The van der Waals surface area contributed by atoms with Gasteiger partial charge in [-0.3, -0.25) is 24.9 Å². The molecule has 0 saturated carbocycles. The molecule has 0 atom stereocenters. The van der Waals surface area contributed by atoms with E-state index in [0.29, 0.717) is 47.7 Å². The number of aromatic nitrogens is 13. The van der Waals surface area contributed by atoms with Crippen LogP contribution in [0.3, 0.4) is 0 Å². The van der Waals surface area contributed by atoms with Crippen molar-refractivity contribution in [3.8, 4) is 30.3 Å². The first-order valence-electron chi connectivity index (χ1n) is 27.4. The minimum absolute atomic E-state index is 0.0194. The Kier molecular flexibility index (Phi) is 33.7. The molecule has 9 aromatic rings. The number of alkyl halides is 21. The van der Waals surface area contributed by atoms with Crippen LogP contribution < -0.4 is 0 Å². The molecule has 102 heavy (non-hydrogen) atoms. The van der Waals surface area contributed by atoms with Crippen LogP contribution in [0.4, 0.5) is 92.2 Å². The van der Waals surface area contributed by atoms with Crippen molar-refractivity contribution in [3.05, 3.63) is 241 Å². The number of pyridine rings is 6. The predicted molar refractivity (Wildman–Crippen MR) is 315 cm³/mol. The lowest BCUT2D eigenvalue weighted by molar-refractivity contribution is -0.147. The van der Waals surface area contributed by atoms with E-state index >= 15 is 0 Å². The van der Waals surface area contributed by atoms with Gasteiger partial charge in [0, 0.05) is 72.2 Å². The Morgan fingerprint density at radius 1 is 0.314 bits per heavy atom. The number of rotatable bonds is 0. The van der Waals surface area contributed by atoms with Gasteiger partial charge in [-0.25, -0.2) is 34.9 Å². The van der Waals surface area contributed by atoms with Crippen molar-refractivity contribution in [2.75, 3.05) is 0 Å². The fourth-order valence-electron chi connectivity index (χ4n) is 6.68. The van der Waals surface area contributed by atoms with E-state index < -0.39 is 93.7 Å². The van der Waals surface area contributed by atoms with Crippen molar-refractivity contribution in [3.63, 3.8) is 0 Å². The second-order valence-electron chi connectivity index (χ2n) is 19.4. The van der Waals surface area contributed by atoms with Gasteiger partial charge in [-0.2, -0.15) is 123 Å². The van der Waals surface area contributed by atoms with Gasteiger partial charge in [0.05, 0.1) is 22.3 Å². The molecule has 9 rings (SSSR count). The zero-order valence-electron chi connectivity index (χ0n) is 54.0. The molecule has 0 aliphatic carbocycles. The highest BCUT2D eigenvalue weighted by atomic mass is 19.4. The topological polar surface area (TPSA) is 287 Å². The van der Waals surface area contributed by atoms with Crippen LogP contribution >= 0.6 is 0 Å². The predicted octanol–water partition coefficient (Wildman–Crippen LogP) is 16.9. The van der Waals surface area contributed by atoms with Gasteiger partial charge in [-0.05, 0) is 140 Å². The third-order valence-corrected chi connectivity index (χ3v) is 11.5. The van der Waals surface area contributed by atoms with Gasteiger partial charge < -0.3 is 0 Å². The van der Waals surface area contributed by atoms with Gasteiger partial charge in [0.2, 0.25) is 17.5 Å². The Morgan fingerprint density at radius 3 is 1.13 bits per heavy atom. The molecule has 0 spiro atoms. The summed E-state index contributed by atoms with van der Waals surface area (Å²) in [6, 6.07) is 25.6. The van der Waals surface area contributed by atoms with Crippen LogP contribution in [0.25, 0.3) is 0 Å². The van der Waals surface area contributed by atoms with Crippen molar-refractivity contribution in [2.24, 2.45) is 0 Å². The van der Waals surface area contributed by atoms with E-state index in [1.54, 1.807) is 45.2 Å². The Bertz CT molecular complexity index is 4100. The zero-order chi connectivity index (χ0) is 78.4. The van der Waals surface area contributed by atoms with Crippen molar-refractivity contribution < 1.29 is 92.2 Å². The van der Waals surface area contributed by atoms with Gasteiger partial charge in [0.15, 0.2) is 0 Å². The summed E-state index contributed by atoms with van der Waals surface area (Å²) >= 11 is 0. The number of nitriles is 5. The maximum absolute atomic E-state index is 12.2. The molecule has 538 valence electrons. The molecule has 0 unspecified atom stereocenters. The average Bonchev–Trinajstić information content (AvgIpc) is 0.802. The first-order valence-corrected chi connectivity index (χ1v) is 27.4. The molecular formula is C63H49F21N18. The highest BCUT2D eigenvalue weighted by Gasteiger charge is 2.42. The lowest BCUT2D eigenvalue weighted by Gasteiger charge is -2.14. The second kappa shape index (κ2) is 39.0. The molecule has 0 amide bonds. The summed E-state index contributed by atoms with van der Waals surface area (Å²) in [6.07, 6.45) is -25.6. The van der Waals surface area contributed by atoms with E-state index in [4.69, 9.17) is 26.3 Å². The highest BCUT2D eigenvalue weighted by Crippen LogP contribution is 2.39. The summed E-state index contributed by atoms with van der Waals surface area (Å²) in [5, 5.41) is 41.9. The van der Waals surface area contributed by atoms with Crippen molar-refractivity contribution in [1.29, 1.82) is 26.3 Å². The molecule has 0 aliphatic heterocycles. The SMILES string of the molecule is Cc1c(C(F)(F)F)ccnc1C(F)(F)F.Cc1c(C(F)(F)F)cncc1C(F)(F)F.Cc1ccc(C(F)(F)F)cn1.Cc1cccc(C(F)(F)F)n1.Cc1cccnc1C.Cc1cccnc1C(F)(F)F.Cc1ccnc(C#N)n1.Cc1nc(C#N)cc(C#N)n1.Cc1nc(C#N)nc(C#N)n1. The van der Waals surface area contributed by atoms with E-state index in [1.165, 1.54) is 55.8 Å². The first kappa shape index (κ1) is 88.1. The van der Waals surface area contributed by atoms with Crippen LogP contribution in [0.2, 0.25) is 0 Å². The molecule has 0 bridgehead atoms. The van der Waals surface area contributed by atoms with Crippen LogP contribution in [0.15, 0.2) is 116 Å². The van der Waals surface area contributed by atoms with Crippen LogP contribution in [-0.4, -0.2) is 64.8 Å². The standard InChI is InChI=1S/2C8H5F6N.3C7H6F3N.C7H4N4.C7H9N.C6H3N5.C6H5N3/c1-4-5(7(9,10)11)2-15-3-6(4)8(12,13)14;1-4-5(7(9,10)11)2-3-15-6(4)8(12,13)14;1-5-2-3-6(4-11-5)7(8,9)10;1-5-3-2-4-11-6(5)7(8,9)10;1-5-3-2-4-6(11-5)7(8,9)10;1-5-10-6(3-8)2-7(4-9)11-5;1-6-4-3-5-8-7(6)2;1-4-9-5(2-7)11-6(3-8)10-4;1-5-2-3-8-6(4-7)9-5/h2*2-3H,1H3;3*2-4H,1H3;2H,1H3;3-5H,1-2H3;1H3;2-3H,1H3. The number of nitrogens with zero attached hydrogens (tertiary/aromatic N) is 18. The van der Waals surface area contributed by atoms with Crippen molar-refractivity contribution in [2.45, 2.75) is 112 Å². The normalized spacial score (nSPS) is 10.8. The Labute approximate surface area is 565 Å². The van der Waals surface area contributed by atoms with E-state index in [9.17, 15) is 92.2 Å². The molecule has 9 aromatic heterocycles. The summed E-state index contributed by atoms with van der Waals surface area (Å²) in [5.41, 5.74) is -4.89. The minimum atomic E-state index is -4.87. The second-order valence-corrected chi connectivity index (χ2v) is 19.4. The van der Waals surface area contributed by atoms with Gasteiger partial charge >= 0.3 is 43.2 Å². The fourth-order valence-corrected chi connectivity index (χ4v) is 6.68. The number of aryl methyl sites for hydroxylation is 8. The van der Waals surface area contributed by atoms with Gasteiger partial charge in [0.1, 0.15) is 70.5 Å². The van der Waals surface area contributed by atoms with Crippen LogP contribution in [0.1, 0.15) is 125 Å². The maximum Gasteiger partial charge on any atom is 0.433 e. The largest absolute Gasteiger partial charge is 0.433 e. The van der Waals surface area contributed by atoms with Gasteiger partial charge in [0.25, 0.3) is 0 Å². The Balaban J connectivity index is 0.000000577. The minimum Gasteiger partial charge on any atom is -0.263 e. The molecule has 0 saturated heterocycles. The highest BCUT2D eigenvalue weighted by molar-refractivity contribution is 5.35. The summed E-state index contributed by atoms with van der Waals surface area (Å²) in [5.74, 6) is 1.02. The molecule has 9 heterocycles. The molecule has 0 radical (unpaired) electrons. The fraction of sp³-hybridized carbons (Fsp3) is 0.270. The number of hydrogen-bond acceptors (Lipinski definition) is 18. The molecule has 0 fully saturated rings. The zero-order valence-corrected chi connectivity index (χ0v) is 54.0. The van der Waals surface area contributed by atoms with E-state index in [2.05, 4.69) is 77.8 Å². The van der Waals surface area contributed by atoms with Crippen molar-refractivity contribution in [1.82, 2.24) is 64.8 Å². The first-order chi connectivity index (χ1) is 46.9. The van der Waals surface area contributed by atoms with Crippen LogP contribution in [-0.2, 0) is 43.2 Å². The average molecular weight is 1460 g/mol. The van der Waals surface area contributed by atoms with E-state index in [1.807, 2.05) is 44.3 Å². The lowest BCUT2D eigenvalue weighted by atomic mass is 10.1. The molecule has 0 N–H and O–H groups in total. The molecule has 18 nitrogen and oxygen atoms in total. The van der Waals surface area contributed by atoms with Crippen LogP contribution in [0, 0.1) is 126 Å². The summed E-state index contributed by atoms with van der Waals surface area (Å²) in [7, 11) is 0. The van der Waals surface area contributed by atoms with Crippen molar-refractivity contribution >= 4 is 0 Å². The quantitative estimate of drug-likeness (QED) is 0.127. The summed E-state index contributed by atoms with van der Waals surface area (Å²) in [4.78, 5) is 45.9. The number of halogens is 21. The summed E-state index contributed by atoms with van der Waals surface area (Å²) < 4.78 is 254. The van der Waals surface area contributed by atoms with Crippen LogP contribution in [0.5, 0.6) is 0 Å². The number of hydrogen-bond donors (Lipinski definition) is 0. The summed E-state index contributed by atoms with van der Waals surface area (Å²) in [6.45, 7) is 15.2. The third-order valence-electron chi connectivity index (χ3n) is 11.5. The monoisotopic (exact) mass is 1460 g/mol. The van der Waals surface area contributed by atoms with E-state index in [0.717, 1.165) is 49.8 Å². The van der Waals surface area contributed by atoms with Gasteiger partial charge in [-0.15, -0.1) is 0 Å². The Hall–Kier alpha value is -12.0. The smallest absolute Gasteiger partial charge is 0.263 e.